The summed E-state index contributed by atoms with van der Waals surface area (Å²) in [4.78, 5) is 40.0. The number of aromatic hydroxyl groups is 1. The Bertz CT molecular complexity index is 1510. The lowest BCUT2D eigenvalue weighted by Gasteiger charge is -2.50. The lowest BCUT2D eigenvalue weighted by Crippen LogP contribution is -2.65. The molecule has 4 atom stereocenters. The molecule has 0 aliphatic heterocycles. The fraction of sp³-hybridized carbons (Fsp3) is 0.435. The quantitative estimate of drug-likeness (QED) is 0.214. The van der Waals surface area contributed by atoms with Gasteiger partial charge in [0, 0.05) is 11.5 Å². The zero-order valence-electron chi connectivity index (χ0n) is 20.6. The number of phenols is 1. The molecule has 12 nitrogen and oxygen atoms in total. The van der Waals surface area contributed by atoms with E-state index >= 15 is 0 Å². The molecule has 16 heteroatoms. The minimum absolute atomic E-state index is 0.356. The first-order chi connectivity index (χ1) is 17.7. The van der Waals surface area contributed by atoms with E-state index in [1.165, 1.54) is 19.0 Å². The zero-order chi connectivity index (χ0) is 29.6. The van der Waals surface area contributed by atoms with E-state index in [-0.39, 0.29) is 0 Å². The maximum atomic E-state index is 14.1. The van der Waals surface area contributed by atoms with Crippen LogP contribution in [-0.4, -0.2) is 83.2 Å². The number of ketones is 2. The summed E-state index contributed by atoms with van der Waals surface area (Å²) < 4.78 is 67.4. The number of aliphatic hydroxyl groups excluding tert-OH is 2. The van der Waals surface area contributed by atoms with Gasteiger partial charge in [-0.05, 0) is 44.5 Å². The highest BCUT2D eigenvalue weighted by molar-refractivity contribution is 7.92. The van der Waals surface area contributed by atoms with Crippen molar-refractivity contribution in [3.05, 3.63) is 39.7 Å². The number of alkyl halides is 3. The molecule has 0 bridgehead atoms. The molecule has 0 unspecified atom stereocenters. The maximum absolute atomic E-state index is 14.1. The number of nitrogens with two attached hydrogens (primary N) is 1. The maximum Gasteiger partial charge on any atom is 0.416 e. The Morgan fingerprint density at radius 3 is 2.28 bits per heavy atom. The van der Waals surface area contributed by atoms with Gasteiger partial charge in [0.05, 0.1) is 29.1 Å². The summed E-state index contributed by atoms with van der Waals surface area (Å²) in [5.74, 6) is -10.2. The number of likely N-dealkylation sites (N-methyl/N-ethyl adjacent to an activating group) is 1. The average molecular weight is 576 g/mol. The third kappa shape index (κ3) is 4.13. The van der Waals surface area contributed by atoms with E-state index in [0.717, 1.165) is 0 Å². The van der Waals surface area contributed by atoms with Crippen LogP contribution >= 0.6 is 0 Å². The van der Waals surface area contributed by atoms with Crippen molar-refractivity contribution in [2.24, 2.45) is 17.6 Å². The van der Waals surface area contributed by atoms with Crippen LogP contribution in [0.5, 0.6) is 5.75 Å². The van der Waals surface area contributed by atoms with E-state index in [1.54, 1.807) is 4.72 Å². The van der Waals surface area contributed by atoms with Crippen LogP contribution in [0.1, 0.15) is 23.1 Å². The number of halogens is 3. The van der Waals surface area contributed by atoms with Gasteiger partial charge < -0.3 is 26.2 Å². The third-order valence-electron chi connectivity index (χ3n) is 7.32. The van der Waals surface area contributed by atoms with Crippen molar-refractivity contribution in [1.82, 2.24) is 4.90 Å². The van der Waals surface area contributed by atoms with Gasteiger partial charge in [-0.25, -0.2) is 8.42 Å². The Balaban J connectivity index is 2.04. The number of fused-ring (bicyclic) bond motifs is 3. The number of phenolic OH excluding ortho intramolecular Hbond substituents is 1. The fourth-order valence-corrected chi connectivity index (χ4v) is 6.40. The van der Waals surface area contributed by atoms with Gasteiger partial charge in [0.2, 0.25) is 15.8 Å². The molecule has 1 aromatic carbocycles. The molecule has 3 aliphatic carbocycles. The molecule has 0 heterocycles. The Morgan fingerprint density at radius 2 is 1.79 bits per heavy atom. The first-order valence-corrected chi connectivity index (χ1v) is 13.2. The van der Waals surface area contributed by atoms with E-state index < -0.39 is 121 Å². The van der Waals surface area contributed by atoms with Crippen LogP contribution in [0.4, 0.5) is 18.9 Å². The van der Waals surface area contributed by atoms with Gasteiger partial charge in [-0.2, -0.15) is 13.2 Å². The topological polar surface area (TPSA) is 208 Å². The van der Waals surface area contributed by atoms with Crippen molar-refractivity contribution in [3.63, 3.8) is 0 Å². The molecule has 1 aromatic rings. The second-order valence-electron chi connectivity index (χ2n) is 10.0. The number of rotatable bonds is 4. The van der Waals surface area contributed by atoms with E-state index in [4.69, 9.17) is 5.73 Å². The number of aliphatic hydroxyl groups is 3. The van der Waals surface area contributed by atoms with Crippen LogP contribution < -0.4 is 10.5 Å². The molecule has 0 aromatic heterocycles. The number of nitrogens with one attached hydrogen (secondary N) is 1. The van der Waals surface area contributed by atoms with Crippen molar-refractivity contribution in [2.45, 2.75) is 30.7 Å². The normalized spacial score (nSPS) is 27.3. The van der Waals surface area contributed by atoms with Gasteiger partial charge in [-0.15, -0.1) is 0 Å². The molecule has 1 saturated carbocycles. The molecule has 39 heavy (non-hydrogen) atoms. The molecule has 0 saturated heterocycles. The number of carbonyl (C=O) groups excluding carboxylic acids is 3. The van der Waals surface area contributed by atoms with Gasteiger partial charge in [0.15, 0.2) is 17.1 Å². The fourth-order valence-electron chi connectivity index (χ4n) is 5.84. The van der Waals surface area contributed by atoms with E-state index in [1.807, 2.05) is 0 Å². The standard InChI is InChI=1S/C23H24F3N3O9S/c1-29(2)15-10-5-7-4-8-9(23(24,25)26)6-11(28-39(3,37)38)16(30)13(8)17(31)12(7)19(33)22(10,36)20(34)14(18(15)32)21(27)35/h6-7,10,15,28,30-31,34,36H,4-5H2,1-3H3,(H2,27,35)/t7-,10-,15-,22-/m0/s1. The highest BCUT2D eigenvalue weighted by Crippen LogP contribution is 2.55. The molecule has 4 rings (SSSR count). The van der Waals surface area contributed by atoms with Crippen LogP contribution in [0.15, 0.2) is 23.0 Å². The highest BCUT2D eigenvalue weighted by Gasteiger charge is 2.64. The van der Waals surface area contributed by atoms with Crippen molar-refractivity contribution >= 4 is 38.9 Å². The summed E-state index contributed by atoms with van der Waals surface area (Å²) in [6.45, 7) is 0. The number of primary amides is 1. The number of hydrogen-bond acceptors (Lipinski definition) is 10. The van der Waals surface area contributed by atoms with Crippen LogP contribution in [0.3, 0.4) is 0 Å². The molecule has 0 radical (unpaired) electrons. The summed E-state index contributed by atoms with van der Waals surface area (Å²) in [5, 5.41) is 44.1. The Hall–Kier alpha value is -3.63. The smallest absolute Gasteiger partial charge is 0.416 e. The van der Waals surface area contributed by atoms with Crippen molar-refractivity contribution < 1.29 is 56.4 Å². The number of carbonyl (C=O) groups is 3. The van der Waals surface area contributed by atoms with E-state index in [9.17, 15) is 56.4 Å². The Labute approximate surface area is 219 Å². The monoisotopic (exact) mass is 575 g/mol. The lowest BCUT2D eigenvalue weighted by molar-refractivity contribution is -0.153. The number of hydrogen-bond donors (Lipinski definition) is 6. The molecular formula is C23H24F3N3O9S. The van der Waals surface area contributed by atoms with E-state index in [2.05, 4.69) is 0 Å². The summed E-state index contributed by atoms with van der Waals surface area (Å²) in [7, 11) is -1.45. The van der Waals surface area contributed by atoms with Crippen LogP contribution in [0, 0.1) is 11.8 Å². The van der Waals surface area contributed by atoms with Crippen LogP contribution in [0.25, 0.3) is 5.76 Å². The molecule has 7 N–H and O–H groups in total. The predicted molar refractivity (Wildman–Crippen MR) is 128 cm³/mol. The van der Waals surface area contributed by atoms with Crippen molar-refractivity contribution in [2.75, 3.05) is 25.1 Å². The zero-order valence-corrected chi connectivity index (χ0v) is 21.4. The number of amides is 1. The first kappa shape index (κ1) is 28.4. The third-order valence-corrected chi connectivity index (χ3v) is 7.91. The van der Waals surface area contributed by atoms with Crippen LogP contribution in [-0.2, 0) is 37.0 Å². The van der Waals surface area contributed by atoms with Gasteiger partial charge >= 0.3 is 6.18 Å². The number of Topliss-reactive ketones (excluding diaryl/α,β-unsaturated/α-hetero) is 2. The van der Waals surface area contributed by atoms with Crippen molar-refractivity contribution in [3.8, 4) is 5.75 Å². The molecule has 0 spiro atoms. The summed E-state index contributed by atoms with van der Waals surface area (Å²) >= 11 is 0. The van der Waals surface area contributed by atoms with Gasteiger partial charge in [0.1, 0.15) is 17.1 Å². The summed E-state index contributed by atoms with van der Waals surface area (Å²) in [5.41, 5.74) is -3.34. The van der Waals surface area contributed by atoms with Gasteiger partial charge in [-0.1, -0.05) is 0 Å². The van der Waals surface area contributed by atoms with Crippen LogP contribution in [0.2, 0.25) is 0 Å². The predicted octanol–water partition coefficient (Wildman–Crippen LogP) is 0.354. The molecule has 212 valence electrons. The number of nitrogens with zero attached hydrogens (tertiary/aromatic N) is 1. The SMILES string of the molecule is CN(C)[C@@H]1C(=O)C(C(N)=O)=C(O)[C@@]2(O)C(=O)C3=C(O)c4c(O)c(NS(C)(=O)=O)cc(C(F)(F)F)c4C[C@H]3C[C@@H]12. The van der Waals surface area contributed by atoms with Crippen molar-refractivity contribution in [1.29, 1.82) is 0 Å². The number of benzene rings is 1. The molecule has 3 aliphatic rings. The van der Waals surface area contributed by atoms with Gasteiger partial charge in [-0.3, -0.25) is 24.0 Å². The number of sulfonamides is 1. The summed E-state index contributed by atoms with van der Waals surface area (Å²) in [6.07, 6.45) is -5.50. The Morgan fingerprint density at radius 1 is 1.21 bits per heavy atom. The number of anilines is 1. The molecule has 1 amide bonds. The minimum atomic E-state index is -5.09. The Kier molecular flexibility index (Phi) is 6.32. The molecular weight excluding hydrogens is 551 g/mol. The molecule has 1 fully saturated rings. The average Bonchev–Trinajstić information content (AvgIpc) is 2.76. The minimum Gasteiger partial charge on any atom is -0.508 e. The summed E-state index contributed by atoms with van der Waals surface area (Å²) in [6, 6.07) is -1.05. The second kappa shape index (κ2) is 8.69. The van der Waals surface area contributed by atoms with Gasteiger partial charge in [0.25, 0.3) is 5.91 Å². The second-order valence-corrected chi connectivity index (χ2v) is 11.8. The van der Waals surface area contributed by atoms with E-state index in [0.29, 0.717) is 12.3 Å². The largest absolute Gasteiger partial charge is 0.508 e. The first-order valence-electron chi connectivity index (χ1n) is 11.3. The lowest BCUT2D eigenvalue weighted by atomic mass is 9.57. The highest BCUT2D eigenvalue weighted by atomic mass is 32.2.